The number of nitrogens with one attached hydrogen (secondary N) is 1. The first-order valence-electron chi connectivity index (χ1n) is 9.84. The summed E-state index contributed by atoms with van der Waals surface area (Å²) in [6.45, 7) is 6.12. The maximum absolute atomic E-state index is 12.8. The highest BCUT2D eigenvalue weighted by atomic mass is 32.2. The molecule has 2 aromatic heterocycles. The van der Waals surface area contributed by atoms with Crippen LogP contribution in [0.5, 0.6) is 0 Å². The van der Waals surface area contributed by atoms with E-state index in [-0.39, 0.29) is 6.03 Å². The second-order valence-corrected chi connectivity index (χ2v) is 8.08. The molecule has 3 heterocycles. The van der Waals surface area contributed by atoms with E-state index >= 15 is 0 Å². The normalized spacial score (nSPS) is 13.4. The zero-order valence-electron chi connectivity index (χ0n) is 16.9. The molecular weight excluding hydrogens is 386 g/mol. The van der Waals surface area contributed by atoms with Gasteiger partial charge in [-0.2, -0.15) is 5.10 Å². The minimum atomic E-state index is -0.101. The molecule has 9 heteroatoms. The van der Waals surface area contributed by atoms with Crippen molar-refractivity contribution < 1.29 is 4.79 Å². The van der Waals surface area contributed by atoms with Crippen molar-refractivity contribution in [1.82, 2.24) is 29.4 Å². The predicted molar refractivity (Wildman–Crippen MR) is 114 cm³/mol. The summed E-state index contributed by atoms with van der Waals surface area (Å²) in [6.07, 6.45) is 0.762. The van der Waals surface area contributed by atoms with Crippen LogP contribution in [-0.4, -0.2) is 47.8 Å². The Bertz CT molecular complexity index is 1010. The number of rotatable bonds is 5. The third-order valence-electron chi connectivity index (χ3n) is 5.07. The number of carbonyl (C=O) groups is 1. The van der Waals surface area contributed by atoms with Gasteiger partial charge in [-0.05, 0) is 24.8 Å². The van der Waals surface area contributed by atoms with Gasteiger partial charge in [0.05, 0.1) is 6.54 Å². The van der Waals surface area contributed by atoms with E-state index in [9.17, 15) is 4.79 Å². The smallest absolute Gasteiger partial charge is 0.320 e. The number of fused-ring (bicyclic) bond motifs is 1. The Morgan fingerprint density at radius 3 is 2.72 bits per heavy atom. The molecule has 0 saturated heterocycles. The molecule has 0 saturated carbocycles. The van der Waals surface area contributed by atoms with Crippen LogP contribution in [0, 0.1) is 0 Å². The molecule has 0 spiro atoms. The van der Waals surface area contributed by atoms with E-state index in [1.165, 1.54) is 0 Å². The predicted octanol–water partition coefficient (Wildman–Crippen LogP) is 3.40. The van der Waals surface area contributed by atoms with Crippen molar-refractivity contribution in [3.05, 3.63) is 41.6 Å². The molecule has 1 aromatic carbocycles. The highest BCUT2D eigenvalue weighted by Crippen LogP contribution is 2.31. The van der Waals surface area contributed by atoms with Gasteiger partial charge in [-0.15, -0.1) is 10.2 Å². The van der Waals surface area contributed by atoms with E-state index in [1.54, 1.807) is 11.8 Å². The van der Waals surface area contributed by atoms with Crippen LogP contribution in [0.4, 0.5) is 10.5 Å². The lowest BCUT2D eigenvalue weighted by Gasteiger charge is -2.27. The van der Waals surface area contributed by atoms with Gasteiger partial charge in [0.25, 0.3) is 0 Å². The van der Waals surface area contributed by atoms with E-state index in [0.717, 1.165) is 52.3 Å². The lowest BCUT2D eigenvalue weighted by Crippen LogP contribution is -2.39. The van der Waals surface area contributed by atoms with Crippen molar-refractivity contribution in [1.29, 1.82) is 0 Å². The van der Waals surface area contributed by atoms with Crippen LogP contribution >= 0.6 is 11.8 Å². The third-order valence-corrected chi connectivity index (χ3v) is 5.92. The number of aromatic nitrogens is 5. The Balaban J connectivity index is 1.63. The average molecular weight is 412 g/mol. The molecule has 0 aliphatic carbocycles. The van der Waals surface area contributed by atoms with Crippen LogP contribution in [0.1, 0.15) is 25.1 Å². The van der Waals surface area contributed by atoms with E-state index < -0.39 is 0 Å². The summed E-state index contributed by atoms with van der Waals surface area (Å²) < 4.78 is 4.01. The summed E-state index contributed by atoms with van der Waals surface area (Å²) in [7, 11) is 1.95. The second kappa shape index (κ2) is 8.28. The zero-order valence-corrected chi connectivity index (χ0v) is 17.7. The molecule has 3 aromatic rings. The van der Waals surface area contributed by atoms with E-state index in [0.29, 0.717) is 13.1 Å². The van der Waals surface area contributed by atoms with Gasteiger partial charge in [0.1, 0.15) is 5.69 Å². The summed E-state index contributed by atoms with van der Waals surface area (Å²) in [5.41, 5.74) is 3.81. The van der Waals surface area contributed by atoms with Crippen molar-refractivity contribution in [3.63, 3.8) is 0 Å². The third kappa shape index (κ3) is 3.74. The van der Waals surface area contributed by atoms with E-state index in [2.05, 4.69) is 33.9 Å². The van der Waals surface area contributed by atoms with Gasteiger partial charge >= 0.3 is 6.03 Å². The van der Waals surface area contributed by atoms with Crippen LogP contribution in [0.3, 0.4) is 0 Å². The fourth-order valence-electron chi connectivity index (χ4n) is 3.65. The number of urea groups is 1. The SMILES string of the molecule is CCSc1nnc(-c2nn(C)c3c2CN(C(=O)Nc2ccccc2)CC3)n1CC. The monoisotopic (exact) mass is 411 g/mol. The summed E-state index contributed by atoms with van der Waals surface area (Å²) in [5, 5.41) is 17.4. The summed E-state index contributed by atoms with van der Waals surface area (Å²) in [4.78, 5) is 14.6. The van der Waals surface area contributed by atoms with Gasteiger partial charge in [-0.25, -0.2) is 4.79 Å². The molecule has 1 aliphatic heterocycles. The first-order valence-corrected chi connectivity index (χ1v) is 10.8. The Kier molecular flexibility index (Phi) is 5.57. The zero-order chi connectivity index (χ0) is 20.4. The number of benzene rings is 1. The van der Waals surface area contributed by atoms with E-state index in [1.807, 2.05) is 47.0 Å². The molecule has 2 amide bonds. The highest BCUT2D eigenvalue weighted by molar-refractivity contribution is 7.99. The molecule has 0 bridgehead atoms. The molecule has 29 heavy (non-hydrogen) atoms. The van der Waals surface area contributed by atoms with E-state index in [4.69, 9.17) is 5.10 Å². The topological polar surface area (TPSA) is 80.9 Å². The maximum Gasteiger partial charge on any atom is 0.322 e. The molecule has 1 N–H and O–H groups in total. The number of para-hydroxylation sites is 1. The van der Waals surface area contributed by atoms with Gasteiger partial charge in [-0.3, -0.25) is 4.68 Å². The van der Waals surface area contributed by atoms with Crippen molar-refractivity contribution in [3.8, 4) is 11.5 Å². The van der Waals surface area contributed by atoms with Crippen LogP contribution in [0.15, 0.2) is 35.5 Å². The molecule has 0 radical (unpaired) electrons. The Morgan fingerprint density at radius 2 is 2.00 bits per heavy atom. The van der Waals surface area contributed by atoms with Crippen molar-refractivity contribution >= 4 is 23.5 Å². The molecular formula is C20H25N7OS. The number of amides is 2. The number of anilines is 1. The second-order valence-electron chi connectivity index (χ2n) is 6.85. The summed E-state index contributed by atoms with van der Waals surface area (Å²) >= 11 is 1.67. The number of hydrogen-bond donors (Lipinski definition) is 1. The Labute approximate surface area is 174 Å². The average Bonchev–Trinajstić information content (AvgIpc) is 3.29. The largest absolute Gasteiger partial charge is 0.322 e. The van der Waals surface area contributed by atoms with Gasteiger partial charge in [0.2, 0.25) is 0 Å². The van der Waals surface area contributed by atoms with Gasteiger partial charge < -0.3 is 14.8 Å². The highest BCUT2D eigenvalue weighted by Gasteiger charge is 2.29. The molecule has 0 unspecified atom stereocenters. The Morgan fingerprint density at radius 1 is 1.21 bits per heavy atom. The molecule has 0 atom stereocenters. The van der Waals surface area contributed by atoms with Crippen molar-refractivity contribution in [2.45, 2.75) is 38.5 Å². The molecule has 1 aliphatic rings. The van der Waals surface area contributed by atoms with Crippen molar-refractivity contribution in [2.75, 3.05) is 17.6 Å². The molecule has 8 nitrogen and oxygen atoms in total. The molecule has 0 fully saturated rings. The summed E-state index contributed by atoms with van der Waals surface area (Å²) in [6, 6.07) is 9.42. The molecule has 152 valence electrons. The number of nitrogens with zero attached hydrogens (tertiary/aromatic N) is 6. The fraction of sp³-hybridized carbons (Fsp3) is 0.400. The number of hydrogen-bond acceptors (Lipinski definition) is 5. The van der Waals surface area contributed by atoms with Gasteiger partial charge in [0.15, 0.2) is 11.0 Å². The van der Waals surface area contributed by atoms with Crippen LogP contribution < -0.4 is 5.32 Å². The quantitative estimate of drug-likeness (QED) is 0.651. The number of aryl methyl sites for hydroxylation is 1. The van der Waals surface area contributed by atoms with Gasteiger partial charge in [-0.1, -0.05) is 36.9 Å². The Hall–Kier alpha value is -2.81. The first-order chi connectivity index (χ1) is 14.1. The van der Waals surface area contributed by atoms with Crippen molar-refractivity contribution in [2.24, 2.45) is 7.05 Å². The number of carbonyl (C=O) groups excluding carboxylic acids is 1. The number of thioether (sulfide) groups is 1. The van der Waals surface area contributed by atoms with Crippen LogP contribution in [0.25, 0.3) is 11.5 Å². The lowest BCUT2D eigenvalue weighted by molar-refractivity contribution is 0.206. The lowest BCUT2D eigenvalue weighted by atomic mass is 10.0. The van der Waals surface area contributed by atoms with Crippen LogP contribution in [-0.2, 0) is 26.6 Å². The summed E-state index contributed by atoms with van der Waals surface area (Å²) in [5.74, 6) is 1.71. The molecule has 4 rings (SSSR count). The standard InChI is InChI=1S/C20H25N7OS/c1-4-27-18(22-23-20(27)29-5-2)17-15-13-26(12-11-16(15)25(3)24-17)19(28)21-14-9-7-6-8-10-14/h6-10H,4-5,11-13H2,1-3H3,(H,21,28). The minimum absolute atomic E-state index is 0.101. The van der Waals surface area contributed by atoms with Gasteiger partial charge in [0, 0.05) is 43.5 Å². The van der Waals surface area contributed by atoms with Crippen LogP contribution in [0.2, 0.25) is 0 Å². The maximum atomic E-state index is 12.8. The fourth-order valence-corrected chi connectivity index (χ4v) is 4.38. The minimum Gasteiger partial charge on any atom is -0.320 e. The first kappa shape index (κ1) is 19.5.